The predicted molar refractivity (Wildman–Crippen MR) is 404 cm³/mol. The molecule has 10 rings (SSSR count). The van der Waals surface area contributed by atoms with Gasteiger partial charge >= 0.3 is 0 Å². The molecule has 0 saturated carbocycles. The molecule has 0 aliphatic rings. The first-order valence-electron chi connectivity index (χ1n) is 33.3. The van der Waals surface area contributed by atoms with E-state index in [1.807, 2.05) is 106 Å². The zero-order valence-corrected chi connectivity index (χ0v) is 64.2. The van der Waals surface area contributed by atoms with Gasteiger partial charge in [0.25, 0.3) is 0 Å². The van der Waals surface area contributed by atoms with Gasteiger partial charge in [-0.3, -0.25) is 34.9 Å². The monoisotopic (exact) mass is 1370 g/mol. The van der Waals surface area contributed by atoms with Gasteiger partial charge in [0.1, 0.15) is 17.4 Å². The first-order valence-corrected chi connectivity index (χ1v) is 33.7. The Balaban J connectivity index is 0.000000299. The number of nitrogens with zero attached hydrogens (tertiary/aromatic N) is 9. The summed E-state index contributed by atoms with van der Waals surface area (Å²) in [6.07, 6.45) is 23.2. The second-order valence-corrected chi connectivity index (χ2v) is 32.2. The number of rotatable bonds is 4. The van der Waals surface area contributed by atoms with Crippen LogP contribution in [0.15, 0.2) is 208 Å². The van der Waals surface area contributed by atoms with Crippen molar-refractivity contribution in [3.8, 4) is 23.3 Å². The van der Waals surface area contributed by atoms with Gasteiger partial charge in [-0.2, -0.15) is 0 Å². The summed E-state index contributed by atoms with van der Waals surface area (Å²) in [5.74, 6) is -0.213. The summed E-state index contributed by atoms with van der Waals surface area (Å²) in [5, 5.41) is 0.693. The maximum Gasteiger partial charge on any atom is 0.223 e. The molecular weight excluding hydrogens is 1260 g/mol. The average Bonchev–Trinajstić information content (AvgIpc) is 0.851. The smallest absolute Gasteiger partial charge is 0.223 e. The molecule has 0 amide bonds. The number of hydrogen-bond acceptors (Lipinski definition) is 11. The lowest BCUT2D eigenvalue weighted by atomic mass is 9.86. The van der Waals surface area contributed by atoms with Gasteiger partial charge in [-0.25, -0.2) is 23.1 Å². The van der Waals surface area contributed by atoms with E-state index in [2.05, 4.69) is 228 Å². The van der Waals surface area contributed by atoms with Crippen LogP contribution in [0.4, 0.5) is 13.2 Å². The van der Waals surface area contributed by atoms with Gasteiger partial charge in [0.2, 0.25) is 11.8 Å². The molecule has 8 heterocycles. The molecule has 0 atom stereocenters. The van der Waals surface area contributed by atoms with Crippen molar-refractivity contribution in [3.63, 3.8) is 0 Å². The molecule has 0 aliphatic heterocycles. The SMILES string of the molecule is CC(C)(C)c1ccc(Cl)cn1.CC(C)(C)c1ccccn1.CC(C)(C)c1cccnc1.CC(C)(C)c1cccnc1Oc1ccc(F)cc1.CC(C)(C)c1cccnc1Oc1ccc(F)cc1F.CC(C)(C)c1ccncc1.CC(C)(C)c1cnccn1.Cc1ccncc1C(C)(C)C. The molecule has 0 fully saturated rings. The number of hydrogen-bond donors (Lipinski definition) is 0. The summed E-state index contributed by atoms with van der Waals surface area (Å²) in [5.41, 5.74) is 11.3. The molecule has 2 aromatic carbocycles. The molecular formula is C84H109ClF3N9O2. The minimum absolute atomic E-state index is 0.0365. The Labute approximate surface area is 596 Å². The van der Waals surface area contributed by atoms with E-state index in [0.717, 1.165) is 40.3 Å². The summed E-state index contributed by atoms with van der Waals surface area (Å²) >= 11 is 5.70. The van der Waals surface area contributed by atoms with Crippen molar-refractivity contribution in [2.24, 2.45) is 0 Å². The lowest BCUT2D eigenvalue weighted by Gasteiger charge is -2.21. The number of aromatic nitrogens is 9. The average molecular weight is 1370 g/mol. The van der Waals surface area contributed by atoms with Crippen molar-refractivity contribution in [1.29, 1.82) is 0 Å². The number of aryl methyl sites for hydroxylation is 1. The Morgan fingerprint density at radius 1 is 0.313 bits per heavy atom. The van der Waals surface area contributed by atoms with Gasteiger partial charge in [0, 0.05) is 125 Å². The van der Waals surface area contributed by atoms with E-state index in [0.29, 0.717) is 22.5 Å². The maximum atomic E-state index is 13.6. The number of pyridine rings is 7. The Hall–Kier alpha value is -8.75. The van der Waals surface area contributed by atoms with Crippen LogP contribution in [0.3, 0.4) is 0 Å². The highest BCUT2D eigenvalue weighted by Gasteiger charge is 2.23. The maximum absolute atomic E-state index is 13.6. The summed E-state index contributed by atoms with van der Waals surface area (Å²) in [4.78, 5) is 37.1. The van der Waals surface area contributed by atoms with Crippen LogP contribution in [0.25, 0.3) is 0 Å². The standard InChI is InChI=1S/C15H15F2NO.C15H16FNO.C10H15N.C9H12ClN.3C9H13N.C8H12N2/c1-15(2,3)11-5-4-8-18-14(11)19-13-7-6-10(16)9-12(13)17;1-15(2,3)13-5-4-10-17-14(13)18-12-8-6-11(16)7-9-12;1-8-5-6-11-7-9(8)10(2,3)4;1-9(2,3)8-5-4-7(10)6-11-8;1-9(2,3)8-4-6-10-7-5-8;1-9(2,3)8-5-4-6-10-7-8;1-9(2,3)8-6-4-5-7-10-8;1-8(2,3)7-6-9-4-5-10-7/h4-9H,1-3H3;4-10H,1-3H3;5-7H,1-4H3;4-6H,1-3H3;3*4-7H,1-3H3;4-6H,1-3H3. The fourth-order valence-electron chi connectivity index (χ4n) is 8.58. The highest BCUT2D eigenvalue weighted by atomic mass is 35.5. The first-order chi connectivity index (χ1) is 45.8. The minimum atomic E-state index is -0.745. The number of halogens is 4. The van der Waals surface area contributed by atoms with E-state index in [9.17, 15) is 13.2 Å². The van der Waals surface area contributed by atoms with E-state index in [4.69, 9.17) is 21.1 Å². The third-order valence-corrected chi connectivity index (χ3v) is 14.7. The van der Waals surface area contributed by atoms with Crippen LogP contribution >= 0.6 is 11.6 Å². The highest BCUT2D eigenvalue weighted by molar-refractivity contribution is 6.30. The van der Waals surface area contributed by atoms with Crippen molar-refractivity contribution >= 4 is 11.6 Å². The zero-order chi connectivity index (χ0) is 74.6. The van der Waals surface area contributed by atoms with Crippen molar-refractivity contribution in [1.82, 2.24) is 44.9 Å². The molecule has 0 N–H and O–H groups in total. The van der Waals surface area contributed by atoms with Crippen molar-refractivity contribution < 1.29 is 22.6 Å². The van der Waals surface area contributed by atoms with E-state index in [-0.39, 0.29) is 54.9 Å². The Morgan fingerprint density at radius 2 is 0.788 bits per heavy atom. The minimum Gasteiger partial charge on any atom is -0.439 e. The lowest BCUT2D eigenvalue weighted by molar-refractivity contribution is 0.407. The normalized spacial score (nSPS) is 11.5. The van der Waals surface area contributed by atoms with Crippen LogP contribution in [0.1, 0.15) is 217 Å². The summed E-state index contributed by atoms with van der Waals surface area (Å²) in [6, 6.07) is 36.8. The van der Waals surface area contributed by atoms with Crippen molar-refractivity contribution in [2.45, 2.75) is 216 Å². The van der Waals surface area contributed by atoms with Gasteiger partial charge < -0.3 is 9.47 Å². The molecule has 0 aliphatic carbocycles. The van der Waals surface area contributed by atoms with Crippen LogP contribution in [0.2, 0.25) is 5.02 Å². The number of ether oxygens (including phenoxy) is 2. The molecule has 15 heteroatoms. The van der Waals surface area contributed by atoms with E-state index >= 15 is 0 Å². The Morgan fingerprint density at radius 3 is 1.17 bits per heavy atom. The fraction of sp³-hybridized carbons (Fsp3) is 0.393. The first kappa shape index (κ1) is 84.5. The van der Waals surface area contributed by atoms with Gasteiger partial charge in [-0.1, -0.05) is 202 Å². The van der Waals surface area contributed by atoms with Crippen LogP contribution < -0.4 is 9.47 Å². The summed E-state index contributed by atoms with van der Waals surface area (Å²) < 4.78 is 50.4. The van der Waals surface area contributed by atoms with Gasteiger partial charge in [-0.15, -0.1) is 0 Å². The molecule has 99 heavy (non-hydrogen) atoms. The summed E-state index contributed by atoms with van der Waals surface area (Å²) in [6.45, 7) is 53.5. The molecule has 8 aromatic heterocycles. The van der Waals surface area contributed by atoms with Gasteiger partial charge in [-0.05, 0) is 153 Å². The van der Waals surface area contributed by atoms with Crippen LogP contribution in [0.5, 0.6) is 23.3 Å². The molecule has 0 radical (unpaired) electrons. The number of benzene rings is 2. The van der Waals surface area contributed by atoms with Gasteiger partial charge in [0.05, 0.1) is 10.7 Å². The molecule has 10 aromatic rings. The molecule has 530 valence electrons. The quantitative estimate of drug-likeness (QED) is 0.167. The van der Waals surface area contributed by atoms with E-state index in [1.54, 1.807) is 61.6 Å². The van der Waals surface area contributed by atoms with E-state index < -0.39 is 11.6 Å². The Bertz CT molecular complexity index is 3710. The van der Waals surface area contributed by atoms with E-state index in [1.165, 1.54) is 40.5 Å². The largest absolute Gasteiger partial charge is 0.439 e. The second-order valence-electron chi connectivity index (χ2n) is 31.8. The molecule has 0 unspecified atom stereocenters. The molecule has 0 bridgehead atoms. The van der Waals surface area contributed by atoms with Gasteiger partial charge in [0.15, 0.2) is 11.6 Å². The molecule has 11 nitrogen and oxygen atoms in total. The van der Waals surface area contributed by atoms with Crippen LogP contribution in [0, 0.1) is 24.4 Å². The second kappa shape index (κ2) is 38.0. The third kappa shape index (κ3) is 32.2. The summed E-state index contributed by atoms with van der Waals surface area (Å²) in [7, 11) is 0. The van der Waals surface area contributed by atoms with Crippen molar-refractivity contribution in [2.75, 3.05) is 0 Å². The molecule has 0 spiro atoms. The molecule has 0 saturated heterocycles. The topological polar surface area (TPSA) is 134 Å². The van der Waals surface area contributed by atoms with Crippen molar-refractivity contribution in [3.05, 3.63) is 281 Å². The van der Waals surface area contributed by atoms with Crippen LogP contribution in [-0.2, 0) is 43.3 Å². The lowest BCUT2D eigenvalue weighted by Crippen LogP contribution is -2.13. The predicted octanol–water partition coefficient (Wildman–Crippen LogP) is 23.4. The van der Waals surface area contributed by atoms with Crippen LogP contribution in [-0.4, -0.2) is 44.9 Å². The highest BCUT2D eigenvalue weighted by Crippen LogP contribution is 2.35. The fourth-order valence-corrected chi connectivity index (χ4v) is 8.69. The Kier molecular flexibility index (Phi) is 32.4. The zero-order valence-electron chi connectivity index (χ0n) is 63.5. The third-order valence-electron chi connectivity index (χ3n) is 14.5.